The summed E-state index contributed by atoms with van der Waals surface area (Å²) >= 11 is 0. The molecule has 0 aromatic heterocycles. The Morgan fingerprint density at radius 3 is 2.38 bits per heavy atom. The van der Waals surface area contributed by atoms with Gasteiger partial charge in [0.2, 0.25) is 10.0 Å². The molecule has 0 unspecified atom stereocenters. The molecule has 118 valence electrons. The van der Waals surface area contributed by atoms with Crippen molar-refractivity contribution in [1.29, 1.82) is 0 Å². The van der Waals surface area contributed by atoms with Gasteiger partial charge < -0.3 is 4.74 Å². The molecule has 1 aromatic rings. The molecule has 1 aromatic carbocycles. The van der Waals surface area contributed by atoms with Gasteiger partial charge in [-0.15, -0.1) is 0 Å². The lowest BCUT2D eigenvalue weighted by Crippen LogP contribution is -2.36. The quantitative estimate of drug-likeness (QED) is 0.696. The van der Waals surface area contributed by atoms with Crippen molar-refractivity contribution in [1.82, 2.24) is 4.72 Å². The fourth-order valence-corrected chi connectivity index (χ4v) is 2.58. The molecule has 0 radical (unpaired) electrons. The van der Waals surface area contributed by atoms with Crippen LogP contribution in [0.5, 0.6) is 0 Å². The number of carbonyl (C=O) groups is 1. The number of hydrogen-bond donors (Lipinski definition) is 3. The summed E-state index contributed by atoms with van der Waals surface area (Å²) in [6, 6.07) is 4.81. The molecular weight excluding hydrogens is 322 g/mol. The van der Waals surface area contributed by atoms with Crippen LogP contribution in [0.4, 0.5) is 10.5 Å². The van der Waals surface area contributed by atoms with Gasteiger partial charge in [-0.1, -0.05) is 6.07 Å². The van der Waals surface area contributed by atoms with Crippen molar-refractivity contribution in [2.24, 2.45) is 5.14 Å². The maximum absolute atomic E-state index is 11.6. The lowest BCUT2D eigenvalue weighted by Gasteiger charge is -2.11. The Bertz CT molecular complexity index is 727. The number of rotatable bonds is 5. The second kappa shape index (κ2) is 6.28. The summed E-state index contributed by atoms with van der Waals surface area (Å²) in [6.45, 7) is 3.10. The van der Waals surface area contributed by atoms with Crippen LogP contribution in [0, 0.1) is 0 Å². The Hall–Kier alpha value is -1.85. The number of primary sulfonamides is 1. The third-order valence-corrected chi connectivity index (χ3v) is 3.83. The maximum atomic E-state index is 11.6. The predicted octanol–water partition coefficient (Wildman–Crippen LogP) is 0.125. The molecule has 0 spiro atoms. The standard InChI is InChI=1S/C10H15N3O6S2/c1-7(2)19-10(14)13-21(17,18)12-8-4-3-5-9(6-8)20(11,15)16/h3-7,12H,1-2H3,(H,13,14)(H2,11,15,16). The normalized spacial score (nSPS) is 12.0. The van der Waals surface area contributed by atoms with E-state index in [1.807, 2.05) is 4.72 Å². The number of benzene rings is 1. The molecule has 4 N–H and O–H groups in total. The minimum absolute atomic E-state index is 0.0774. The fraction of sp³-hybridized carbons (Fsp3) is 0.300. The highest BCUT2D eigenvalue weighted by Crippen LogP contribution is 2.14. The SMILES string of the molecule is CC(C)OC(=O)NS(=O)(=O)Nc1cccc(S(N)(=O)=O)c1. The zero-order valence-electron chi connectivity index (χ0n) is 11.2. The van der Waals surface area contributed by atoms with Gasteiger partial charge in [-0.3, -0.25) is 4.72 Å². The summed E-state index contributed by atoms with van der Waals surface area (Å²) in [5, 5.41) is 4.93. The largest absolute Gasteiger partial charge is 0.446 e. The third-order valence-electron chi connectivity index (χ3n) is 1.98. The highest BCUT2D eigenvalue weighted by molar-refractivity contribution is 7.91. The molecule has 9 nitrogen and oxygen atoms in total. The highest BCUT2D eigenvalue weighted by atomic mass is 32.2. The monoisotopic (exact) mass is 337 g/mol. The van der Waals surface area contributed by atoms with Crippen LogP contribution in [0.1, 0.15) is 13.8 Å². The van der Waals surface area contributed by atoms with Crippen molar-refractivity contribution in [3.8, 4) is 0 Å². The minimum Gasteiger partial charge on any atom is -0.446 e. The first-order valence-electron chi connectivity index (χ1n) is 5.63. The predicted molar refractivity (Wildman–Crippen MR) is 75.1 cm³/mol. The molecule has 0 heterocycles. The summed E-state index contributed by atoms with van der Waals surface area (Å²) in [7, 11) is -8.22. The number of anilines is 1. The Morgan fingerprint density at radius 2 is 1.86 bits per heavy atom. The van der Waals surface area contributed by atoms with Crippen LogP contribution in [-0.2, 0) is 25.0 Å². The third kappa shape index (κ3) is 5.97. The van der Waals surface area contributed by atoms with Crippen LogP contribution in [0.3, 0.4) is 0 Å². The molecule has 0 aliphatic rings. The van der Waals surface area contributed by atoms with Crippen molar-refractivity contribution < 1.29 is 26.4 Å². The van der Waals surface area contributed by atoms with E-state index in [9.17, 15) is 21.6 Å². The van der Waals surface area contributed by atoms with E-state index >= 15 is 0 Å². The number of hydrogen-bond acceptors (Lipinski definition) is 6. The molecule has 0 bridgehead atoms. The molecule has 0 atom stereocenters. The molecule has 0 aliphatic heterocycles. The molecule has 0 saturated heterocycles. The van der Waals surface area contributed by atoms with E-state index in [4.69, 9.17) is 5.14 Å². The lowest BCUT2D eigenvalue weighted by molar-refractivity contribution is 0.121. The van der Waals surface area contributed by atoms with E-state index < -0.39 is 32.4 Å². The van der Waals surface area contributed by atoms with Crippen LogP contribution < -0.4 is 14.6 Å². The highest BCUT2D eigenvalue weighted by Gasteiger charge is 2.17. The van der Waals surface area contributed by atoms with Gasteiger partial charge in [0.15, 0.2) is 0 Å². The summed E-state index contributed by atoms with van der Waals surface area (Å²) in [5.41, 5.74) is -0.0774. The number of amides is 1. The van der Waals surface area contributed by atoms with Gasteiger partial charge in [0.1, 0.15) is 0 Å². The van der Waals surface area contributed by atoms with Crippen molar-refractivity contribution >= 4 is 32.0 Å². The van der Waals surface area contributed by atoms with Crippen molar-refractivity contribution in [3.63, 3.8) is 0 Å². The van der Waals surface area contributed by atoms with E-state index in [2.05, 4.69) is 4.74 Å². The lowest BCUT2D eigenvalue weighted by atomic mass is 10.3. The average molecular weight is 337 g/mol. The fourth-order valence-electron chi connectivity index (χ4n) is 1.27. The minimum atomic E-state index is -4.25. The van der Waals surface area contributed by atoms with Crippen LogP contribution in [0.15, 0.2) is 29.2 Å². The zero-order chi connectivity index (χ0) is 16.3. The first-order valence-corrected chi connectivity index (χ1v) is 8.66. The van der Waals surface area contributed by atoms with Gasteiger partial charge in [0.25, 0.3) is 0 Å². The molecule has 0 aliphatic carbocycles. The number of nitrogens with two attached hydrogens (primary N) is 1. The smallest absolute Gasteiger partial charge is 0.422 e. The summed E-state index contributed by atoms with van der Waals surface area (Å²) in [5.74, 6) is 0. The van der Waals surface area contributed by atoms with Crippen LogP contribution in [-0.4, -0.2) is 29.0 Å². The van der Waals surface area contributed by atoms with Crippen LogP contribution >= 0.6 is 0 Å². The van der Waals surface area contributed by atoms with E-state index in [1.165, 1.54) is 18.2 Å². The first kappa shape index (κ1) is 17.2. The molecule has 0 fully saturated rings. The zero-order valence-corrected chi connectivity index (χ0v) is 12.9. The van der Waals surface area contributed by atoms with E-state index in [0.29, 0.717) is 0 Å². The van der Waals surface area contributed by atoms with Gasteiger partial charge in [-0.2, -0.15) is 8.42 Å². The number of carbonyl (C=O) groups excluding carboxylic acids is 1. The Morgan fingerprint density at radius 1 is 1.24 bits per heavy atom. The van der Waals surface area contributed by atoms with Gasteiger partial charge in [-0.25, -0.2) is 23.1 Å². The van der Waals surface area contributed by atoms with Gasteiger partial charge >= 0.3 is 16.3 Å². The summed E-state index contributed by atoms with van der Waals surface area (Å²) < 4.78 is 53.8. The number of ether oxygens (including phenoxy) is 1. The molecule has 21 heavy (non-hydrogen) atoms. The van der Waals surface area contributed by atoms with Crippen molar-refractivity contribution in [3.05, 3.63) is 24.3 Å². The second-order valence-electron chi connectivity index (χ2n) is 4.23. The van der Waals surface area contributed by atoms with Crippen LogP contribution in [0.25, 0.3) is 0 Å². The summed E-state index contributed by atoms with van der Waals surface area (Å²) in [6.07, 6.45) is -1.65. The van der Waals surface area contributed by atoms with Crippen LogP contribution in [0.2, 0.25) is 0 Å². The Kier molecular flexibility index (Phi) is 5.15. The Balaban J connectivity index is 2.88. The Labute approximate surface area is 122 Å². The molecular formula is C10H15N3O6S2. The molecule has 1 amide bonds. The van der Waals surface area contributed by atoms with Crippen molar-refractivity contribution in [2.75, 3.05) is 4.72 Å². The summed E-state index contributed by atoms with van der Waals surface area (Å²) in [4.78, 5) is 10.9. The first-order chi connectivity index (χ1) is 9.49. The number of sulfonamides is 1. The van der Waals surface area contributed by atoms with E-state index in [0.717, 1.165) is 6.07 Å². The molecule has 11 heteroatoms. The maximum Gasteiger partial charge on any atom is 0.422 e. The molecule has 1 rings (SSSR count). The van der Waals surface area contributed by atoms with Gasteiger partial charge in [0.05, 0.1) is 16.7 Å². The topological polar surface area (TPSA) is 145 Å². The number of nitrogens with one attached hydrogen (secondary N) is 2. The van der Waals surface area contributed by atoms with E-state index in [1.54, 1.807) is 18.6 Å². The van der Waals surface area contributed by atoms with E-state index in [-0.39, 0.29) is 10.6 Å². The molecule has 0 saturated carbocycles. The average Bonchev–Trinajstić information content (AvgIpc) is 2.24. The van der Waals surface area contributed by atoms with Gasteiger partial charge in [0, 0.05) is 0 Å². The van der Waals surface area contributed by atoms with Gasteiger partial charge in [-0.05, 0) is 32.0 Å². The van der Waals surface area contributed by atoms with Crippen molar-refractivity contribution in [2.45, 2.75) is 24.8 Å². The second-order valence-corrected chi connectivity index (χ2v) is 7.21.